The molecule has 0 aromatic heterocycles. The number of hydrogen-bond donors (Lipinski definition) is 2. The topological polar surface area (TPSA) is 64.4 Å². The highest BCUT2D eigenvalue weighted by molar-refractivity contribution is 5.77. The molecular weight excluding hydrogens is 192 g/mol. The quantitative estimate of drug-likeness (QED) is 0.644. The normalized spacial score (nSPS) is 26.9. The second kappa shape index (κ2) is 4.42. The first-order chi connectivity index (χ1) is 7.29. The van der Waals surface area contributed by atoms with Gasteiger partial charge in [-0.15, -0.1) is 0 Å². The van der Waals surface area contributed by atoms with Crippen LogP contribution in [0.1, 0.15) is 11.6 Å². The van der Waals surface area contributed by atoms with E-state index in [1.54, 1.807) is 0 Å². The van der Waals surface area contributed by atoms with Gasteiger partial charge in [-0.1, -0.05) is 30.3 Å². The minimum absolute atomic E-state index is 0.152. The zero-order valence-corrected chi connectivity index (χ0v) is 8.35. The molecule has 4 nitrogen and oxygen atoms in total. The molecule has 2 rings (SSSR count). The van der Waals surface area contributed by atoms with E-state index in [9.17, 15) is 4.79 Å². The maximum atomic E-state index is 11.4. The van der Waals surface area contributed by atoms with Crippen LogP contribution in [0.3, 0.4) is 0 Å². The summed E-state index contributed by atoms with van der Waals surface area (Å²) in [4.78, 5) is 11.4. The van der Waals surface area contributed by atoms with Crippen LogP contribution < -0.4 is 11.1 Å². The van der Waals surface area contributed by atoms with Crippen LogP contribution in [0.2, 0.25) is 0 Å². The molecule has 80 valence electrons. The summed E-state index contributed by atoms with van der Waals surface area (Å²) < 4.78 is 4.94. The van der Waals surface area contributed by atoms with Crippen molar-refractivity contribution in [3.05, 3.63) is 35.9 Å². The van der Waals surface area contributed by atoms with Crippen LogP contribution in [-0.2, 0) is 9.53 Å². The van der Waals surface area contributed by atoms with Crippen molar-refractivity contribution < 1.29 is 9.53 Å². The highest BCUT2D eigenvalue weighted by Crippen LogP contribution is 2.17. The largest absolute Gasteiger partial charge is 0.463 e. The van der Waals surface area contributed by atoms with Crippen LogP contribution in [0.25, 0.3) is 0 Å². The molecule has 1 aromatic rings. The second-order valence-electron chi connectivity index (χ2n) is 3.54. The van der Waals surface area contributed by atoms with E-state index in [1.807, 2.05) is 30.3 Å². The van der Waals surface area contributed by atoms with Crippen LogP contribution in [0.5, 0.6) is 0 Å². The fourth-order valence-electron chi connectivity index (χ4n) is 1.71. The highest BCUT2D eigenvalue weighted by Gasteiger charge is 2.29. The minimum atomic E-state index is -0.630. The molecule has 1 saturated heterocycles. The van der Waals surface area contributed by atoms with E-state index in [1.165, 1.54) is 0 Å². The van der Waals surface area contributed by atoms with Crippen LogP contribution in [0.4, 0.5) is 0 Å². The van der Waals surface area contributed by atoms with E-state index in [2.05, 4.69) is 5.32 Å². The minimum Gasteiger partial charge on any atom is -0.463 e. The van der Waals surface area contributed by atoms with Crippen LogP contribution >= 0.6 is 0 Å². The third kappa shape index (κ3) is 2.16. The van der Waals surface area contributed by atoms with Crippen LogP contribution in [0.15, 0.2) is 30.3 Å². The lowest BCUT2D eigenvalue weighted by Gasteiger charge is -2.20. The molecule has 0 saturated carbocycles. The monoisotopic (exact) mass is 206 g/mol. The van der Waals surface area contributed by atoms with Crippen molar-refractivity contribution in [2.24, 2.45) is 5.73 Å². The Labute approximate surface area is 88.4 Å². The third-order valence-electron chi connectivity index (χ3n) is 2.50. The van der Waals surface area contributed by atoms with Crippen molar-refractivity contribution in [1.29, 1.82) is 0 Å². The number of benzene rings is 1. The fourth-order valence-corrected chi connectivity index (χ4v) is 1.71. The molecule has 0 amide bonds. The molecule has 0 unspecified atom stereocenters. The Bertz CT molecular complexity index is 340. The number of esters is 1. The second-order valence-corrected chi connectivity index (χ2v) is 3.54. The molecule has 0 spiro atoms. The summed E-state index contributed by atoms with van der Waals surface area (Å²) in [6, 6.07) is 8.92. The van der Waals surface area contributed by atoms with E-state index < -0.39 is 6.04 Å². The molecule has 0 aliphatic carbocycles. The van der Waals surface area contributed by atoms with Gasteiger partial charge in [0.05, 0.1) is 6.04 Å². The van der Waals surface area contributed by atoms with E-state index in [-0.39, 0.29) is 12.0 Å². The first-order valence-corrected chi connectivity index (χ1v) is 4.99. The highest BCUT2D eigenvalue weighted by atomic mass is 16.5. The van der Waals surface area contributed by atoms with Gasteiger partial charge in [-0.25, -0.2) is 0 Å². The number of nitrogens with two attached hydrogens (primary N) is 1. The summed E-state index contributed by atoms with van der Waals surface area (Å²) in [6.07, 6.45) is 0. The Morgan fingerprint density at radius 2 is 2.07 bits per heavy atom. The number of rotatable bonds is 1. The average molecular weight is 206 g/mol. The Morgan fingerprint density at radius 3 is 2.80 bits per heavy atom. The standard InChI is InChI=1S/C11H14N2O2/c12-9-10(8-4-2-1-3-5-8)13-6-7-15-11(9)14/h1-5,9-10,13H,6-7,12H2/t9-,10+/m1/s1. The van der Waals surface area contributed by atoms with Crippen molar-refractivity contribution in [2.45, 2.75) is 12.1 Å². The first kappa shape index (κ1) is 10.1. The number of cyclic esters (lactones) is 1. The maximum Gasteiger partial charge on any atom is 0.324 e. The third-order valence-corrected chi connectivity index (χ3v) is 2.50. The summed E-state index contributed by atoms with van der Waals surface area (Å²) in [6.45, 7) is 1.02. The van der Waals surface area contributed by atoms with Crippen LogP contribution in [0, 0.1) is 0 Å². The Hall–Kier alpha value is -1.39. The number of carbonyl (C=O) groups is 1. The van der Waals surface area contributed by atoms with E-state index >= 15 is 0 Å². The summed E-state index contributed by atoms with van der Waals surface area (Å²) in [5.74, 6) is -0.339. The van der Waals surface area contributed by atoms with Gasteiger partial charge in [0.2, 0.25) is 0 Å². The molecule has 4 heteroatoms. The Kier molecular flexibility index (Phi) is 2.99. The number of ether oxygens (including phenoxy) is 1. The van der Waals surface area contributed by atoms with Gasteiger partial charge in [-0.2, -0.15) is 0 Å². The Morgan fingerprint density at radius 1 is 1.33 bits per heavy atom. The van der Waals surface area contributed by atoms with Gasteiger partial charge < -0.3 is 15.8 Å². The SMILES string of the molecule is N[C@H]1C(=O)OCCN[C@H]1c1ccccc1. The molecule has 1 aliphatic rings. The summed E-state index contributed by atoms with van der Waals surface area (Å²) >= 11 is 0. The van der Waals surface area contributed by atoms with Gasteiger partial charge in [0.1, 0.15) is 12.6 Å². The molecule has 0 bridgehead atoms. The predicted octanol–water partition coefficient (Wildman–Crippen LogP) is 0.201. The molecular formula is C11H14N2O2. The van der Waals surface area contributed by atoms with Crippen molar-refractivity contribution in [2.75, 3.05) is 13.2 Å². The maximum absolute atomic E-state index is 11.4. The van der Waals surface area contributed by atoms with Crippen molar-refractivity contribution in [3.63, 3.8) is 0 Å². The van der Waals surface area contributed by atoms with Crippen molar-refractivity contribution >= 4 is 5.97 Å². The lowest BCUT2D eigenvalue weighted by atomic mass is 10.0. The molecule has 1 heterocycles. The molecule has 1 aliphatic heterocycles. The molecule has 1 fully saturated rings. The zero-order valence-electron chi connectivity index (χ0n) is 8.35. The van der Waals surface area contributed by atoms with Gasteiger partial charge in [-0.05, 0) is 5.56 Å². The van der Waals surface area contributed by atoms with Crippen molar-refractivity contribution in [1.82, 2.24) is 5.32 Å². The lowest BCUT2D eigenvalue weighted by Crippen LogP contribution is -2.41. The smallest absolute Gasteiger partial charge is 0.324 e. The molecule has 3 N–H and O–H groups in total. The van der Waals surface area contributed by atoms with Gasteiger partial charge >= 0.3 is 5.97 Å². The molecule has 15 heavy (non-hydrogen) atoms. The van der Waals surface area contributed by atoms with E-state index in [0.29, 0.717) is 13.2 Å². The van der Waals surface area contributed by atoms with Gasteiger partial charge in [-0.3, -0.25) is 4.79 Å². The average Bonchev–Trinajstić information content (AvgIpc) is 2.44. The zero-order chi connectivity index (χ0) is 10.7. The Balaban J connectivity index is 2.23. The fraction of sp³-hybridized carbons (Fsp3) is 0.364. The summed E-state index contributed by atoms with van der Waals surface area (Å²) in [7, 11) is 0. The molecule has 1 aromatic carbocycles. The predicted molar refractivity (Wildman–Crippen MR) is 56.1 cm³/mol. The van der Waals surface area contributed by atoms with Crippen molar-refractivity contribution in [3.8, 4) is 0 Å². The van der Waals surface area contributed by atoms with Crippen LogP contribution in [-0.4, -0.2) is 25.2 Å². The lowest BCUT2D eigenvalue weighted by molar-refractivity contribution is -0.144. The number of carbonyl (C=O) groups excluding carboxylic acids is 1. The molecule has 0 radical (unpaired) electrons. The molecule has 2 atom stereocenters. The summed E-state index contributed by atoms with van der Waals surface area (Å²) in [5.41, 5.74) is 6.83. The van der Waals surface area contributed by atoms with Gasteiger partial charge in [0.25, 0.3) is 0 Å². The van der Waals surface area contributed by atoms with E-state index in [4.69, 9.17) is 10.5 Å². The van der Waals surface area contributed by atoms with Gasteiger partial charge in [0.15, 0.2) is 0 Å². The van der Waals surface area contributed by atoms with Gasteiger partial charge in [0, 0.05) is 6.54 Å². The first-order valence-electron chi connectivity index (χ1n) is 4.99. The van der Waals surface area contributed by atoms with E-state index in [0.717, 1.165) is 5.56 Å². The number of hydrogen-bond acceptors (Lipinski definition) is 4. The number of nitrogens with one attached hydrogen (secondary N) is 1. The summed E-state index contributed by atoms with van der Waals surface area (Å²) in [5, 5.41) is 3.21.